The Hall–Kier alpha value is -0.870. The molecule has 4 heteroatoms. The molecule has 1 aliphatic carbocycles. The number of ether oxygens (including phenoxy) is 1. The van der Waals surface area contributed by atoms with Crippen molar-refractivity contribution < 1.29 is 4.74 Å². The maximum absolute atomic E-state index is 5.81. The summed E-state index contributed by atoms with van der Waals surface area (Å²) in [5.41, 5.74) is 1.22. The van der Waals surface area contributed by atoms with Gasteiger partial charge in [0, 0.05) is 25.9 Å². The van der Waals surface area contributed by atoms with Crippen molar-refractivity contribution in [2.45, 2.75) is 44.2 Å². The molecule has 1 aromatic rings. The van der Waals surface area contributed by atoms with Crippen molar-refractivity contribution in [1.29, 1.82) is 0 Å². The van der Waals surface area contributed by atoms with Crippen molar-refractivity contribution in [1.82, 2.24) is 15.1 Å². The molecule has 0 aromatic carbocycles. The van der Waals surface area contributed by atoms with Gasteiger partial charge < -0.3 is 10.1 Å². The van der Waals surface area contributed by atoms with E-state index in [1.165, 1.54) is 37.7 Å². The van der Waals surface area contributed by atoms with Gasteiger partial charge in [0.2, 0.25) is 0 Å². The maximum atomic E-state index is 5.81. The highest BCUT2D eigenvalue weighted by Crippen LogP contribution is 2.33. The molecular weight excluding hydrogens is 226 g/mol. The van der Waals surface area contributed by atoms with E-state index in [0.29, 0.717) is 5.92 Å². The molecule has 0 amide bonds. The van der Waals surface area contributed by atoms with Gasteiger partial charge in [-0.3, -0.25) is 4.68 Å². The first-order chi connectivity index (χ1) is 8.76. The van der Waals surface area contributed by atoms with Gasteiger partial charge >= 0.3 is 0 Å². The minimum Gasteiger partial charge on any atom is -0.379 e. The predicted molar refractivity (Wildman–Crippen MR) is 72.4 cm³/mol. The highest BCUT2D eigenvalue weighted by molar-refractivity contribution is 5.13. The van der Waals surface area contributed by atoms with Crippen molar-refractivity contribution in [3.8, 4) is 0 Å². The first-order valence-corrected chi connectivity index (χ1v) is 6.95. The van der Waals surface area contributed by atoms with Crippen LogP contribution < -0.4 is 5.32 Å². The number of aryl methyl sites for hydroxylation is 1. The monoisotopic (exact) mass is 251 g/mol. The average Bonchev–Trinajstić information content (AvgIpc) is 2.83. The molecule has 1 aliphatic rings. The summed E-state index contributed by atoms with van der Waals surface area (Å²) in [6, 6.07) is 0.242. The second-order valence-corrected chi connectivity index (χ2v) is 5.31. The number of hydrogen-bond donors (Lipinski definition) is 1. The highest BCUT2D eigenvalue weighted by Gasteiger charge is 2.31. The molecule has 2 unspecified atom stereocenters. The van der Waals surface area contributed by atoms with Gasteiger partial charge in [-0.2, -0.15) is 5.10 Å². The summed E-state index contributed by atoms with van der Waals surface area (Å²) >= 11 is 0. The first-order valence-electron chi connectivity index (χ1n) is 6.95. The summed E-state index contributed by atoms with van der Waals surface area (Å²) < 4.78 is 7.66. The van der Waals surface area contributed by atoms with Gasteiger partial charge in [0.05, 0.1) is 18.3 Å². The Morgan fingerprint density at radius 3 is 2.61 bits per heavy atom. The molecule has 0 radical (unpaired) electrons. The maximum Gasteiger partial charge on any atom is 0.0795 e. The molecule has 102 valence electrons. The Morgan fingerprint density at radius 1 is 1.39 bits per heavy atom. The van der Waals surface area contributed by atoms with Crippen LogP contribution in [0.2, 0.25) is 0 Å². The van der Waals surface area contributed by atoms with Crippen LogP contribution in [0.5, 0.6) is 0 Å². The van der Waals surface area contributed by atoms with E-state index >= 15 is 0 Å². The molecule has 1 heterocycles. The summed E-state index contributed by atoms with van der Waals surface area (Å²) in [4.78, 5) is 0. The SMILES string of the molecule is CNC(c1cnn(C)c1)C(OC)C1CCCCC1. The zero-order valence-electron chi connectivity index (χ0n) is 11.7. The third kappa shape index (κ3) is 2.93. The molecule has 4 nitrogen and oxygen atoms in total. The molecule has 0 saturated heterocycles. The van der Waals surface area contributed by atoms with Gasteiger partial charge in [-0.15, -0.1) is 0 Å². The Bertz CT molecular complexity index is 358. The van der Waals surface area contributed by atoms with E-state index in [1.807, 2.05) is 32.1 Å². The summed E-state index contributed by atoms with van der Waals surface area (Å²) in [5, 5.41) is 7.67. The van der Waals surface area contributed by atoms with E-state index in [2.05, 4.69) is 16.6 Å². The molecule has 0 spiro atoms. The predicted octanol–water partition coefficient (Wildman–Crippen LogP) is 2.28. The van der Waals surface area contributed by atoms with E-state index in [0.717, 1.165) is 0 Å². The van der Waals surface area contributed by atoms with E-state index in [9.17, 15) is 0 Å². The fourth-order valence-electron chi connectivity index (χ4n) is 3.18. The van der Waals surface area contributed by atoms with Crippen LogP contribution in [0.15, 0.2) is 12.4 Å². The lowest BCUT2D eigenvalue weighted by Gasteiger charge is -2.34. The lowest BCUT2D eigenvalue weighted by atomic mass is 9.81. The Labute approximate surface area is 110 Å². The summed E-state index contributed by atoms with van der Waals surface area (Å²) in [6.07, 6.45) is 10.9. The van der Waals surface area contributed by atoms with Crippen LogP contribution in [-0.4, -0.2) is 30.0 Å². The van der Waals surface area contributed by atoms with Crippen LogP contribution in [0.25, 0.3) is 0 Å². The largest absolute Gasteiger partial charge is 0.379 e. The molecule has 1 aromatic heterocycles. The van der Waals surface area contributed by atoms with Crippen LogP contribution in [0, 0.1) is 5.92 Å². The summed E-state index contributed by atoms with van der Waals surface area (Å²) in [6.45, 7) is 0. The van der Waals surface area contributed by atoms with Gasteiger partial charge in [-0.25, -0.2) is 0 Å². The third-order valence-electron chi connectivity index (χ3n) is 4.11. The Kier molecular flexibility index (Phi) is 4.78. The van der Waals surface area contributed by atoms with E-state index in [4.69, 9.17) is 4.74 Å². The summed E-state index contributed by atoms with van der Waals surface area (Å²) in [5.74, 6) is 0.668. The van der Waals surface area contributed by atoms with Crippen LogP contribution in [0.1, 0.15) is 43.7 Å². The van der Waals surface area contributed by atoms with E-state index in [1.54, 1.807) is 0 Å². The number of rotatable bonds is 5. The minimum atomic E-state index is 0.242. The lowest BCUT2D eigenvalue weighted by molar-refractivity contribution is 0.00940. The lowest BCUT2D eigenvalue weighted by Crippen LogP contribution is -2.37. The third-order valence-corrected chi connectivity index (χ3v) is 4.11. The van der Waals surface area contributed by atoms with Crippen LogP contribution in [0.3, 0.4) is 0 Å². The zero-order chi connectivity index (χ0) is 13.0. The fourth-order valence-corrected chi connectivity index (χ4v) is 3.18. The summed E-state index contributed by atoms with van der Waals surface area (Å²) in [7, 11) is 5.80. The number of nitrogens with one attached hydrogen (secondary N) is 1. The first kappa shape index (κ1) is 13.6. The molecular formula is C14H25N3O. The molecule has 18 heavy (non-hydrogen) atoms. The van der Waals surface area contributed by atoms with Crippen molar-refractivity contribution in [3.63, 3.8) is 0 Å². The van der Waals surface area contributed by atoms with Crippen LogP contribution in [-0.2, 0) is 11.8 Å². The molecule has 2 atom stereocenters. The van der Waals surface area contributed by atoms with Gasteiger partial charge in [0.15, 0.2) is 0 Å². The Balaban J connectivity index is 2.12. The molecule has 0 aliphatic heterocycles. The van der Waals surface area contributed by atoms with Crippen molar-refractivity contribution in [3.05, 3.63) is 18.0 Å². The van der Waals surface area contributed by atoms with E-state index in [-0.39, 0.29) is 12.1 Å². The smallest absolute Gasteiger partial charge is 0.0795 e. The second-order valence-electron chi connectivity index (χ2n) is 5.31. The van der Waals surface area contributed by atoms with Crippen LogP contribution in [0.4, 0.5) is 0 Å². The molecule has 1 fully saturated rings. The Morgan fingerprint density at radius 2 is 2.11 bits per heavy atom. The number of methoxy groups -OCH3 is 1. The van der Waals surface area contributed by atoms with Crippen molar-refractivity contribution >= 4 is 0 Å². The number of likely N-dealkylation sites (N-methyl/N-ethyl adjacent to an activating group) is 1. The van der Waals surface area contributed by atoms with Gasteiger partial charge in [0.25, 0.3) is 0 Å². The van der Waals surface area contributed by atoms with Crippen molar-refractivity contribution in [2.24, 2.45) is 13.0 Å². The standard InChI is InChI=1S/C14H25N3O/c1-15-13(12-9-16-17(2)10-12)14(18-3)11-7-5-4-6-8-11/h9-11,13-15H,4-8H2,1-3H3. The minimum absolute atomic E-state index is 0.242. The second kappa shape index (κ2) is 6.34. The zero-order valence-corrected chi connectivity index (χ0v) is 11.7. The van der Waals surface area contributed by atoms with E-state index < -0.39 is 0 Å². The quantitative estimate of drug-likeness (QED) is 0.872. The van der Waals surface area contributed by atoms with Crippen LogP contribution >= 0.6 is 0 Å². The topological polar surface area (TPSA) is 39.1 Å². The number of hydrogen-bond acceptors (Lipinski definition) is 3. The average molecular weight is 251 g/mol. The number of aromatic nitrogens is 2. The van der Waals surface area contributed by atoms with Gasteiger partial charge in [-0.1, -0.05) is 19.3 Å². The molecule has 0 bridgehead atoms. The number of nitrogens with zero attached hydrogens (tertiary/aromatic N) is 2. The van der Waals surface area contributed by atoms with Crippen molar-refractivity contribution in [2.75, 3.05) is 14.2 Å². The highest BCUT2D eigenvalue weighted by atomic mass is 16.5. The van der Waals surface area contributed by atoms with Gasteiger partial charge in [-0.05, 0) is 25.8 Å². The molecule has 1 saturated carbocycles. The molecule has 1 N–H and O–H groups in total. The molecule has 2 rings (SSSR count). The normalized spacial score (nSPS) is 20.8. The fraction of sp³-hybridized carbons (Fsp3) is 0.786. The van der Waals surface area contributed by atoms with Gasteiger partial charge in [0.1, 0.15) is 0 Å².